The lowest BCUT2D eigenvalue weighted by atomic mass is 10.4. The van der Waals surface area contributed by atoms with E-state index in [2.05, 4.69) is 32.2 Å². The van der Waals surface area contributed by atoms with Crippen LogP contribution in [-0.2, 0) is 13.0 Å². The summed E-state index contributed by atoms with van der Waals surface area (Å²) in [5, 5.41) is 3.19. The number of hydrogen-bond acceptors (Lipinski definition) is 5. The Kier molecular flexibility index (Phi) is 4.11. The number of nitrogens with zero attached hydrogens (tertiary/aromatic N) is 3. The molecule has 0 aliphatic carbocycles. The molecule has 2 aromatic rings. The number of rotatable bonds is 6. The van der Waals surface area contributed by atoms with Crippen LogP contribution in [0.15, 0.2) is 18.6 Å². The highest BCUT2D eigenvalue weighted by molar-refractivity contribution is 5.37. The predicted molar refractivity (Wildman–Crippen MR) is 68.5 cm³/mol. The summed E-state index contributed by atoms with van der Waals surface area (Å²) in [6, 6.07) is 1.78. The van der Waals surface area contributed by atoms with E-state index in [-0.39, 0.29) is 0 Å². The molecular weight excluding hydrogens is 230 g/mol. The molecule has 0 atom stereocenters. The molecule has 0 aromatic carbocycles. The molecule has 0 aliphatic heterocycles. The molecule has 0 radical (unpaired) electrons. The van der Waals surface area contributed by atoms with Gasteiger partial charge in [-0.2, -0.15) is 0 Å². The number of nitrogens with one attached hydrogen (secondary N) is 2. The van der Waals surface area contributed by atoms with Crippen LogP contribution < -0.4 is 10.1 Å². The highest BCUT2D eigenvalue weighted by Crippen LogP contribution is 2.11. The van der Waals surface area contributed by atoms with Crippen LogP contribution in [0.2, 0.25) is 0 Å². The molecule has 0 saturated carbocycles. The van der Waals surface area contributed by atoms with Gasteiger partial charge in [-0.15, -0.1) is 0 Å². The fraction of sp³-hybridized carbons (Fsp3) is 0.417. The van der Waals surface area contributed by atoms with Crippen molar-refractivity contribution in [3.63, 3.8) is 0 Å². The molecule has 2 N–H and O–H groups in total. The number of hydrogen-bond donors (Lipinski definition) is 2. The summed E-state index contributed by atoms with van der Waals surface area (Å²) in [7, 11) is 0. The molecule has 0 unspecified atom stereocenters. The Morgan fingerprint density at radius 2 is 2.17 bits per heavy atom. The molecule has 0 fully saturated rings. The molecule has 6 heteroatoms. The molecule has 0 spiro atoms. The van der Waals surface area contributed by atoms with Crippen molar-refractivity contribution < 1.29 is 4.74 Å². The number of ether oxygens (including phenoxy) is 1. The van der Waals surface area contributed by atoms with E-state index < -0.39 is 0 Å². The smallest absolute Gasteiger partial charge is 0.218 e. The summed E-state index contributed by atoms with van der Waals surface area (Å²) in [5.41, 5.74) is 1.03. The second kappa shape index (κ2) is 6.00. The van der Waals surface area contributed by atoms with Crippen molar-refractivity contribution in [2.24, 2.45) is 0 Å². The van der Waals surface area contributed by atoms with Crippen molar-refractivity contribution in [2.75, 3.05) is 11.9 Å². The Labute approximate surface area is 106 Å². The maximum absolute atomic E-state index is 5.31. The van der Waals surface area contributed by atoms with Gasteiger partial charge in [0.15, 0.2) is 0 Å². The first-order valence-electron chi connectivity index (χ1n) is 6.03. The highest BCUT2D eigenvalue weighted by Gasteiger charge is 2.01. The minimum absolute atomic E-state index is 0.578. The maximum atomic E-state index is 5.31. The molecule has 2 aromatic heterocycles. The molecule has 96 valence electrons. The average molecular weight is 247 g/mol. The van der Waals surface area contributed by atoms with E-state index in [1.54, 1.807) is 6.07 Å². The summed E-state index contributed by atoms with van der Waals surface area (Å²) in [4.78, 5) is 15.6. The van der Waals surface area contributed by atoms with Gasteiger partial charge < -0.3 is 15.0 Å². The molecule has 0 saturated heterocycles. The zero-order valence-corrected chi connectivity index (χ0v) is 10.6. The molecular formula is C12H17N5O. The number of aromatic nitrogens is 4. The van der Waals surface area contributed by atoms with E-state index in [0.717, 1.165) is 23.8 Å². The van der Waals surface area contributed by atoms with E-state index in [1.807, 2.05) is 13.1 Å². The second-order valence-electron chi connectivity index (χ2n) is 3.74. The maximum Gasteiger partial charge on any atom is 0.218 e. The van der Waals surface area contributed by atoms with Gasteiger partial charge in [0.05, 0.1) is 25.0 Å². The Hall–Kier alpha value is -2.11. The SMILES string of the molecule is CCOc1cc(NCc2cnc(CC)[nH]2)ncn1. The lowest BCUT2D eigenvalue weighted by molar-refractivity contribution is 0.326. The standard InChI is InChI=1S/C12H17N5O/c1-3-10-13-6-9(17-10)7-14-11-5-12(18-4-2)16-8-15-11/h5-6,8H,3-4,7H2,1-2H3,(H,13,17)(H,14,15,16). The van der Waals surface area contributed by atoms with Gasteiger partial charge >= 0.3 is 0 Å². The first kappa shape index (κ1) is 12.3. The van der Waals surface area contributed by atoms with Gasteiger partial charge in [0, 0.05) is 12.5 Å². The number of anilines is 1. The Morgan fingerprint density at radius 3 is 2.89 bits per heavy atom. The molecule has 6 nitrogen and oxygen atoms in total. The zero-order chi connectivity index (χ0) is 12.8. The molecule has 0 aliphatic rings. The van der Waals surface area contributed by atoms with Gasteiger partial charge in [-0.3, -0.25) is 0 Å². The molecule has 2 heterocycles. The molecule has 2 rings (SSSR count). The number of aromatic amines is 1. The van der Waals surface area contributed by atoms with Gasteiger partial charge in [0.1, 0.15) is 18.0 Å². The third kappa shape index (κ3) is 3.19. The Bertz CT molecular complexity index is 497. The second-order valence-corrected chi connectivity index (χ2v) is 3.74. The zero-order valence-electron chi connectivity index (χ0n) is 10.6. The summed E-state index contributed by atoms with van der Waals surface area (Å²) in [6.45, 7) is 5.23. The van der Waals surface area contributed by atoms with Crippen molar-refractivity contribution in [1.82, 2.24) is 19.9 Å². The van der Waals surface area contributed by atoms with Crippen LogP contribution in [0.5, 0.6) is 5.88 Å². The first-order valence-corrected chi connectivity index (χ1v) is 6.03. The lowest BCUT2D eigenvalue weighted by Crippen LogP contribution is -2.03. The van der Waals surface area contributed by atoms with Crippen LogP contribution in [0.25, 0.3) is 0 Å². The molecule has 0 bridgehead atoms. The largest absolute Gasteiger partial charge is 0.478 e. The van der Waals surface area contributed by atoms with Crippen LogP contribution >= 0.6 is 0 Å². The minimum atomic E-state index is 0.578. The van der Waals surface area contributed by atoms with Crippen molar-refractivity contribution in [1.29, 1.82) is 0 Å². The predicted octanol–water partition coefficient (Wildman–Crippen LogP) is 1.77. The van der Waals surface area contributed by atoms with Gasteiger partial charge in [0.25, 0.3) is 0 Å². The van der Waals surface area contributed by atoms with Crippen LogP contribution in [0.3, 0.4) is 0 Å². The Balaban J connectivity index is 1.94. The van der Waals surface area contributed by atoms with Crippen molar-refractivity contribution in [3.05, 3.63) is 30.1 Å². The van der Waals surface area contributed by atoms with E-state index in [0.29, 0.717) is 19.0 Å². The van der Waals surface area contributed by atoms with Crippen molar-refractivity contribution in [2.45, 2.75) is 26.8 Å². The summed E-state index contributed by atoms with van der Waals surface area (Å²) in [5.74, 6) is 2.31. The summed E-state index contributed by atoms with van der Waals surface area (Å²) in [6.07, 6.45) is 4.22. The van der Waals surface area contributed by atoms with Crippen LogP contribution in [0.1, 0.15) is 25.4 Å². The minimum Gasteiger partial charge on any atom is -0.478 e. The van der Waals surface area contributed by atoms with Gasteiger partial charge in [-0.05, 0) is 6.92 Å². The van der Waals surface area contributed by atoms with Crippen molar-refractivity contribution >= 4 is 5.82 Å². The molecule has 18 heavy (non-hydrogen) atoms. The fourth-order valence-corrected chi connectivity index (χ4v) is 1.52. The average Bonchev–Trinajstić information content (AvgIpc) is 2.85. The number of imidazole rings is 1. The first-order chi connectivity index (χ1) is 8.81. The van der Waals surface area contributed by atoms with Gasteiger partial charge in [-0.1, -0.05) is 6.92 Å². The van der Waals surface area contributed by atoms with E-state index in [9.17, 15) is 0 Å². The Morgan fingerprint density at radius 1 is 1.28 bits per heavy atom. The topological polar surface area (TPSA) is 75.7 Å². The monoisotopic (exact) mass is 247 g/mol. The van der Waals surface area contributed by atoms with E-state index in [1.165, 1.54) is 6.33 Å². The lowest BCUT2D eigenvalue weighted by Gasteiger charge is -2.05. The van der Waals surface area contributed by atoms with Crippen LogP contribution in [0, 0.1) is 0 Å². The van der Waals surface area contributed by atoms with Crippen LogP contribution in [0.4, 0.5) is 5.82 Å². The fourth-order valence-electron chi connectivity index (χ4n) is 1.52. The number of H-pyrrole nitrogens is 1. The normalized spacial score (nSPS) is 10.3. The van der Waals surface area contributed by atoms with Crippen molar-refractivity contribution in [3.8, 4) is 5.88 Å². The molecule has 0 amide bonds. The third-order valence-electron chi connectivity index (χ3n) is 2.41. The summed E-state index contributed by atoms with van der Waals surface area (Å²) >= 11 is 0. The highest BCUT2D eigenvalue weighted by atomic mass is 16.5. The van der Waals surface area contributed by atoms with Gasteiger partial charge in [-0.25, -0.2) is 15.0 Å². The number of aryl methyl sites for hydroxylation is 1. The van der Waals surface area contributed by atoms with E-state index in [4.69, 9.17) is 4.74 Å². The van der Waals surface area contributed by atoms with Gasteiger partial charge in [0.2, 0.25) is 5.88 Å². The summed E-state index contributed by atoms with van der Waals surface area (Å²) < 4.78 is 5.31. The quantitative estimate of drug-likeness (QED) is 0.813. The van der Waals surface area contributed by atoms with Crippen LogP contribution in [-0.4, -0.2) is 26.5 Å². The third-order valence-corrected chi connectivity index (χ3v) is 2.41. The van der Waals surface area contributed by atoms with E-state index >= 15 is 0 Å².